The molecule has 0 aliphatic carbocycles. The summed E-state index contributed by atoms with van der Waals surface area (Å²) in [5, 5.41) is 0. The van der Waals surface area contributed by atoms with Crippen LogP contribution in [-0.4, -0.2) is 18.4 Å². The Balaban J connectivity index is 1.42. The fraction of sp³-hybridized carbons (Fsp3) is 0.241. The zero-order valence-electron chi connectivity index (χ0n) is 19.9. The van der Waals surface area contributed by atoms with Crippen LogP contribution in [-0.2, 0) is 21.6 Å². The predicted molar refractivity (Wildman–Crippen MR) is 131 cm³/mol. The van der Waals surface area contributed by atoms with Gasteiger partial charge in [0.05, 0.1) is 5.56 Å². The van der Waals surface area contributed by atoms with E-state index in [0.29, 0.717) is 17.1 Å². The molecule has 0 fully saturated rings. The molecule has 1 aliphatic heterocycles. The molecule has 0 amide bonds. The zero-order chi connectivity index (χ0) is 24.3. The van der Waals surface area contributed by atoms with E-state index in [4.69, 9.17) is 14.2 Å². The Morgan fingerprint density at radius 3 is 2.38 bits per heavy atom. The van der Waals surface area contributed by atoms with Crippen molar-refractivity contribution >= 4 is 17.8 Å². The summed E-state index contributed by atoms with van der Waals surface area (Å²) < 4.78 is 16.7. The molecule has 0 saturated heterocycles. The molecule has 0 unspecified atom stereocenters. The Labute approximate surface area is 200 Å². The molecule has 0 bridgehead atoms. The fourth-order valence-corrected chi connectivity index (χ4v) is 3.71. The van der Waals surface area contributed by atoms with Crippen molar-refractivity contribution in [1.82, 2.24) is 0 Å². The maximum Gasteiger partial charge on any atom is 0.344 e. The minimum Gasteiger partial charge on any atom is -0.482 e. The second-order valence-electron chi connectivity index (χ2n) is 9.36. The van der Waals surface area contributed by atoms with E-state index in [9.17, 15) is 9.59 Å². The molecule has 0 saturated carbocycles. The zero-order valence-corrected chi connectivity index (χ0v) is 19.9. The van der Waals surface area contributed by atoms with Gasteiger partial charge in [-0.3, -0.25) is 4.79 Å². The average molecular weight is 457 g/mol. The summed E-state index contributed by atoms with van der Waals surface area (Å²) in [6, 6.07) is 20.9. The van der Waals surface area contributed by atoms with Crippen molar-refractivity contribution in [1.29, 1.82) is 0 Å². The molecular formula is C29H28O5. The van der Waals surface area contributed by atoms with Crippen LogP contribution in [0.15, 0.2) is 72.5 Å². The van der Waals surface area contributed by atoms with E-state index in [-0.39, 0.29) is 30.2 Å². The second kappa shape index (κ2) is 9.56. The number of fused-ring (bicyclic) bond motifs is 1. The monoisotopic (exact) mass is 456 g/mol. The number of hydrogen-bond donors (Lipinski definition) is 0. The highest BCUT2D eigenvalue weighted by atomic mass is 16.6. The van der Waals surface area contributed by atoms with E-state index in [1.165, 1.54) is 5.56 Å². The lowest BCUT2D eigenvalue weighted by molar-refractivity contribution is -0.147. The molecule has 0 atom stereocenters. The highest BCUT2D eigenvalue weighted by molar-refractivity contribution is 6.15. The molecule has 3 aromatic rings. The van der Waals surface area contributed by atoms with Gasteiger partial charge in [0.1, 0.15) is 18.1 Å². The summed E-state index contributed by atoms with van der Waals surface area (Å²) in [7, 11) is 0. The van der Waals surface area contributed by atoms with Crippen molar-refractivity contribution in [3.05, 3.63) is 100 Å². The summed E-state index contributed by atoms with van der Waals surface area (Å²) in [6.45, 7) is 8.25. The third kappa shape index (κ3) is 5.37. The Morgan fingerprint density at radius 2 is 1.71 bits per heavy atom. The maximum atomic E-state index is 12.9. The summed E-state index contributed by atoms with van der Waals surface area (Å²) >= 11 is 0. The van der Waals surface area contributed by atoms with Gasteiger partial charge in [0, 0.05) is 6.07 Å². The largest absolute Gasteiger partial charge is 0.482 e. The Morgan fingerprint density at radius 1 is 1.00 bits per heavy atom. The van der Waals surface area contributed by atoms with Crippen molar-refractivity contribution in [3.8, 4) is 11.5 Å². The first-order valence-corrected chi connectivity index (χ1v) is 11.2. The predicted octanol–water partition coefficient (Wildman–Crippen LogP) is 6.03. The first-order valence-electron chi connectivity index (χ1n) is 11.2. The van der Waals surface area contributed by atoms with Crippen molar-refractivity contribution in [2.24, 2.45) is 0 Å². The molecule has 0 radical (unpaired) electrons. The molecule has 5 heteroatoms. The lowest BCUT2D eigenvalue weighted by atomic mass is 9.86. The number of carbonyl (C=O) groups excluding carboxylic acids is 2. The maximum absolute atomic E-state index is 12.9. The van der Waals surface area contributed by atoms with Gasteiger partial charge in [0.15, 0.2) is 12.4 Å². The number of ether oxygens (including phenoxy) is 3. The number of hydrogen-bond acceptors (Lipinski definition) is 5. The van der Waals surface area contributed by atoms with Crippen molar-refractivity contribution in [2.45, 2.75) is 39.7 Å². The lowest BCUT2D eigenvalue weighted by Crippen LogP contribution is -2.14. The van der Waals surface area contributed by atoms with Gasteiger partial charge in [-0.2, -0.15) is 0 Å². The Hall–Kier alpha value is -3.86. The molecule has 0 spiro atoms. The Bertz CT molecular complexity index is 1230. The van der Waals surface area contributed by atoms with Gasteiger partial charge >= 0.3 is 5.97 Å². The van der Waals surface area contributed by atoms with Crippen LogP contribution in [0.25, 0.3) is 6.08 Å². The third-order valence-electron chi connectivity index (χ3n) is 5.62. The van der Waals surface area contributed by atoms with E-state index in [1.807, 2.05) is 49.4 Å². The van der Waals surface area contributed by atoms with E-state index in [0.717, 1.165) is 16.7 Å². The van der Waals surface area contributed by atoms with Gasteiger partial charge < -0.3 is 14.2 Å². The van der Waals surface area contributed by atoms with E-state index < -0.39 is 5.97 Å². The van der Waals surface area contributed by atoms with Gasteiger partial charge in [0.2, 0.25) is 5.78 Å². The molecule has 0 aromatic heterocycles. The van der Waals surface area contributed by atoms with Gasteiger partial charge in [0.25, 0.3) is 0 Å². The van der Waals surface area contributed by atoms with E-state index in [2.05, 4.69) is 32.9 Å². The van der Waals surface area contributed by atoms with Gasteiger partial charge in [-0.1, -0.05) is 75.4 Å². The summed E-state index contributed by atoms with van der Waals surface area (Å²) in [5.41, 5.74) is 4.31. The SMILES string of the molecule is Cc1cc(OCC(=O)OCc2ccccc2)cc2c1C(=O)/C(=C/c1ccc(C(C)(C)C)cc1)O2. The molecule has 174 valence electrons. The second-order valence-corrected chi connectivity index (χ2v) is 9.36. The minimum atomic E-state index is -0.474. The highest BCUT2D eigenvalue weighted by Crippen LogP contribution is 2.37. The summed E-state index contributed by atoms with van der Waals surface area (Å²) in [5.74, 6) is 0.493. The average Bonchev–Trinajstić information content (AvgIpc) is 3.12. The molecule has 3 aromatic carbocycles. The Kier molecular flexibility index (Phi) is 6.55. The molecule has 1 aliphatic rings. The van der Waals surface area contributed by atoms with Crippen LogP contribution in [0.5, 0.6) is 11.5 Å². The number of ketones is 1. The molecule has 0 N–H and O–H groups in total. The van der Waals surface area contributed by atoms with Gasteiger partial charge in [-0.25, -0.2) is 4.79 Å². The third-order valence-corrected chi connectivity index (χ3v) is 5.62. The number of rotatable bonds is 6. The summed E-state index contributed by atoms with van der Waals surface area (Å²) in [4.78, 5) is 25.0. The molecule has 1 heterocycles. The lowest BCUT2D eigenvalue weighted by Gasteiger charge is -2.18. The van der Waals surface area contributed by atoms with Gasteiger partial charge in [-0.15, -0.1) is 0 Å². The minimum absolute atomic E-state index is 0.0586. The van der Waals surface area contributed by atoms with Crippen LogP contribution in [0.3, 0.4) is 0 Å². The topological polar surface area (TPSA) is 61.8 Å². The van der Waals surface area contributed by atoms with E-state index >= 15 is 0 Å². The molecule has 4 rings (SSSR count). The number of carbonyl (C=O) groups is 2. The number of esters is 1. The van der Waals surface area contributed by atoms with Crippen LogP contribution in [0, 0.1) is 6.92 Å². The van der Waals surface area contributed by atoms with E-state index in [1.54, 1.807) is 18.2 Å². The highest BCUT2D eigenvalue weighted by Gasteiger charge is 2.30. The van der Waals surface area contributed by atoms with Crippen molar-refractivity contribution in [3.63, 3.8) is 0 Å². The van der Waals surface area contributed by atoms with Crippen LogP contribution in [0.2, 0.25) is 0 Å². The van der Waals surface area contributed by atoms with Crippen LogP contribution in [0.4, 0.5) is 0 Å². The van der Waals surface area contributed by atoms with Crippen LogP contribution < -0.4 is 9.47 Å². The smallest absolute Gasteiger partial charge is 0.344 e. The number of allylic oxidation sites excluding steroid dienone is 1. The van der Waals surface area contributed by atoms with Crippen molar-refractivity contribution in [2.75, 3.05) is 6.61 Å². The first-order chi connectivity index (χ1) is 16.2. The number of Topliss-reactive ketones (excluding diaryl/α,β-unsaturated/α-hetero) is 1. The van der Waals surface area contributed by atoms with Crippen LogP contribution >= 0.6 is 0 Å². The standard InChI is InChI=1S/C29H28O5/c1-19-14-23(32-18-26(30)33-17-21-8-6-5-7-9-21)16-24-27(19)28(31)25(34-24)15-20-10-12-22(13-11-20)29(2,3)4/h5-16H,17-18H2,1-4H3/b25-15-. The van der Waals surface area contributed by atoms with Crippen molar-refractivity contribution < 1.29 is 23.8 Å². The normalized spacial score (nSPS) is 14.0. The summed E-state index contributed by atoms with van der Waals surface area (Å²) in [6.07, 6.45) is 1.75. The number of benzene rings is 3. The fourth-order valence-electron chi connectivity index (χ4n) is 3.71. The molecule has 5 nitrogen and oxygen atoms in total. The van der Waals surface area contributed by atoms with Crippen LogP contribution in [0.1, 0.15) is 53.4 Å². The quantitative estimate of drug-likeness (QED) is 0.335. The number of aryl methyl sites for hydroxylation is 1. The molecule has 34 heavy (non-hydrogen) atoms. The molecular weight excluding hydrogens is 428 g/mol. The first kappa shape index (κ1) is 23.3. The van der Waals surface area contributed by atoms with Gasteiger partial charge in [-0.05, 0) is 46.7 Å².